The molecule has 2 saturated heterocycles. The van der Waals surface area contributed by atoms with Crippen LogP contribution in [0.3, 0.4) is 0 Å². The van der Waals surface area contributed by atoms with Crippen LogP contribution in [0.5, 0.6) is 5.88 Å². The van der Waals surface area contributed by atoms with E-state index in [2.05, 4.69) is 69.0 Å². The summed E-state index contributed by atoms with van der Waals surface area (Å²) in [7, 11) is 2.12. The highest BCUT2D eigenvalue weighted by molar-refractivity contribution is 6.11. The molecule has 0 spiro atoms. The number of aromatic amines is 1. The van der Waals surface area contributed by atoms with E-state index < -0.39 is 0 Å². The minimum Gasteiger partial charge on any atom is -0.474 e. The molecule has 2 aromatic heterocycles. The number of fused-ring (bicyclic) bond motifs is 1. The minimum atomic E-state index is -0.290. The van der Waals surface area contributed by atoms with E-state index in [-0.39, 0.29) is 12.0 Å². The molecule has 0 bridgehead atoms. The number of ether oxygens (including phenoxy) is 1. The van der Waals surface area contributed by atoms with Gasteiger partial charge in [0.05, 0.1) is 5.52 Å². The van der Waals surface area contributed by atoms with E-state index in [1.165, 1.54) is 12.8 Å². The molecule has 1 amide bonds. The van der Waals surface area contributed by atoms with Crippen molar-refractivity contribution in [3.8, 4) is 5.88 Å². The lowest BCUT2D eigenvalue weighted by atomic mass is 9.98. The summed E-state index contributed by atoms with van der Waals surface area (Å²) in [4.78, 5) is 26.5. The van der Waals surface area contributed by atoms with Crippen LogP contribution in [0, 0.1) is 5.92 Å². The van der Waals surface area contributed by atoms with E-state index in [9.17, 15) is 4.79 Å². The van der Waals surface area contributed by atoms with Crippen LogP contribution in [0.4, 0.5) is 5.69 Å². The van der Waals surface area contributed by atoms with E-state index in [1.807, 2.05) is 24.4 Å². The molecule has 4 heterocycles. The molecule has 0 saturated carbocycles. The number of carbonyl (C=O) groups is 1. The van der Waals surface area contributed by atoms with Gasteiger partial charge in [0.25, 0.3) is 5.91 Å². The van der Waals surface area contributed by atoms with Gasteiger partial charge in [0.15, 0.2) is 5.69 Å². The number of nitrogens with one attached hydrogen (secondary N) is 2. The first-order chi connectivity index (χ1) is 19.9. The van der Waals surface area contributed by atoms with Gasteiger partial charge >= 0.3 is 0 Å². The van der Waals surface area contributed by atoms with E-state index in [0.29, 0.717) is 17.3 Å². The number of likely N-dealkylation sites (tertiary alicyclic amines) is 2. The zero-order valence-corrected chi connectivity index (χ0v) is 24.4. The summed E-state index contributed by atoms with van der Waals surface area (Å²) in [6.45, 7) is 13.1. The van der Waals surface area contributed by atoms with Crippen molar-refractivity contribution in [2.45, 2.75) is 45.6 Å². The Morgan fingerprint density at radius 1 is 1.17 bits per heavy atom. The van der Waals surface area contributed by atoms with Gasteiger partial charge in [-0.15, -0.1) is 0 Å². The summed E-state index contributed by atoms with van der Waals surface area (Å²) < 4.78 is 6.10. The lowest BCUT2D eigenvalue weighted by molar-refractivity contribution is 0.102. The molecular weight excluding hydrogens is 514 g/mol. The van der Waals surface area contributed by atoms with Crippen LogP contribution in [-0.4, -0.2) is 83.5 Å². The Kier molecular flexibility index (Phi) is 9.26. The number of carbonyl (C=O) groups excluding carboxylic acids is 1. The van der Waals surface area contributed by atoms with Gasteiger partial charge in [0.1, 0.15) is 6.10 Å². The Morgan fingerprint density at radius 2 is 1.95 bits per heavy atom. The number of piperidine rings is 2. The quantitative estimate of drug-likeness (QED) is 0.271. The third-order valence-corrected chi connectivity index (χ3v) is 8.12. The molecule has 41 heavy (non-hydrogen) atoms. The molecule has 216 valence electrons. The van der Waals surface area contributed by atoms with Crippen molar-refractivity contribution in [2.24, 2.45) is 10.9 Å². The molecule has 1 aromatic carbocycles. The number of H-pyrrole nitrogens is 1. The molecule has 3 aromatic rings. The van der Waals surface area contributed by atoms with E-state index in [0.717, 1.165) is 79.1 Å². The Morgan fingerprint density at radius 3 is 2.71 bits per heavy atom. The SMILES string of the molecule is C=N/C=C(\C=C(/C)c1ccc2[nH]nc(C(=O)Nc3ccnc(OC4CCN(C)CC4)c3)c2c1)CN1CCC(C)CC1. The number of amides is 1. The van der Waals surface area contributed by atoms with Crippen molar-refractivity contribution in [3.63, 3.8) is 0 Å². The van der Waals surface area contributed by atoms with Crippen molar-refractivity contribution in [2.75, 3.05) is 45.1 Å². The van der Waals surface area contributed by atoms with Gasteiger partial charge < -0.3 is 15.0 Å². The number of aromatic nitrogens is 3. The second-order valence-electron chi connectivity index (χ2n) is 11.5. The van der Waals surface area contributed by atoms with E-state index >= 15 is 0 Å². The number of aliphatic imine (C=N–C) groups is 1. The topological polar surface area (TPSA) is 98.7 Å². The van der Waals surface area contributed by atoms with E-state index in [1.54, 1.807) is 18.3 Å². The lowest BCUT2D eigenvalue weighted by Gasteiger charge is -2.30. The average Bonchev–Trinajstić information content (AvgIpc) is 3.39. The third-order valence-electron chi connectivity index (χ3n) is 8.12. The second kappa shape index (κ2) is 13.2. The first kappa shape index (κ1) is 28.7. The molecule has 5 rings (SSSR count). The maximum absolute atomic E-state index is 13.3. The van der Waals surface area contributed by atoms with Crippen molar-refractivity contribution >= 4 is 34.8 Å². The smallest absolute Gasteiger partial charge is 0.276 e. The number of hydrogen-bond donors (Lipinski definition) is 2. The highest BCUT2D eigenvalue weighted by Gasteiger charge is 2.20. The van der Waals surface area contributed by atoms with Crippen LogP contribution >= 0.6 is 0 Å². The molecule has 0 aliphatic carbocycles. The first-order valence-corrected chi connectivity index (χ1v) is 14.5. The maximum Gasteiger partial charge on any atom is 0.276 e. The monoisotopic (exact) mass is 555 g/mol. The van der Waals surface area contributed by atoms with Crippen molar-refractivity contribution < 1.29 is 9.53 Å². The van der Waals surface area contributed by atoms with Crippen molar-refractivity contribution in [1.29, 1.82) is 0 Å². The van der Waals surface area contributed by atoms with Gasteiger partial charge in [0.2, 0.25) is 5.88 Å². The minimum absolute atomic E-state index is 0.135. The molecule has 2 fully saturated rings. The Balaban J connectivity index is 1.29. The normalized spacial score (nSPS) is 18.5. The van der Waals surface area contributed by atoms with Gasteiger partial charge in [-0.05, 0) is 100 Å². The predicted octanol–water partition coefficient (Wildman–Crippen LogP) is 5.40. The fourth-order valence-corrected chi connectivity index (χ4v) is 5.53. The van der Waals surface area contributed by atoms with Crippen LogP contribution in [0.2, 0.25) is 0 Å². The number of hydrogen-bond acceptors (Lipinski definition) is 7. The van der Waals surface area contributed by atoms with Crippen LogP contribution in [-0.2, 0) is 0 Å². The number of rotatable bonds is 9. The Labute approximate surface area is 242 Å². The summed E-state index contributed by atoms with van der Waals surface area (Å²) in [6, 6.07) is 9.56. The maximum atomic E-state index is 13.3. The number of benzene rings is 1. The van der Waals surface area contributed by atoms with Gasteiger partial charge in [-0.1, -0.05) is 19.1 Å². The summed E-state index contributed by atoms with van der Waals surface area (Å²) in [6.07, 6.45) is 10.2. The summed E-state index contributed by atoms with van der Waals surface area (Å²) >= 11 is 0. The number of allylic oxidation sites excluding steroid dienone is 1. The largest absolute Gasteiger partial charge is 0.474 e. The van der Waals surface area contributed by atoms with Crippen LogP contribution in [0.25, 0.3) is 16.5 Å². The lowest BCUT2D eigenvalue weighted by Crippen LogP contribution is -2.35. The van der Waals surface area contributed by atoms with Crippen molar-refractivity contribution in [1.82, 2.24) is 25.0 Å². The molecule has 0 unspecified atom stereocenters. The zero-order valence-electron chi connectivity index (χ0n) is 24.4. The molecular formula is C32H41N7O2. The molecule has 0 radical (unpaired) electrons. The fraction of sp³-hybridized carbons (Fsp3) is 0.438. The number of nitrogens with zero attached hydrogens (tertiary/aromatic N) is 5. The van der Waals surface area contributed by atoms with Crippen LogP contribution < -0.4 is 10.1 Å². The average molecular weight is 556 g/mol. The molecule has 9 nitrogen and oxygen atoms in total. The van der Waals surface area contributed by atoms with Crippen LogP contribution in [0.1, 0.15) is 55.6 Å². The summed E-state index contributed by atoms with van der Waals surface area (Å²) in [5, 5.41) is 11.1. The fourth-order valence-electron chi connectivity index (χ4n) is 5.53. The zero-order chi connectivity index (χ0) is 28.8. The number of pyridine rings is 1. The molecule has 0 atom stereocenters. The molecule has 2 aliphatic rings. The number of anilines is 1. The predicted molar refractivity (Wildman–Crippen MR) is 166 cm³/mol. The highest BCUT2D eigenvalue weighted by Crippen LogP contribution is 2.26. The van der Waals surface area contributed by atoms with Gasteiger partial charge in [-0.25, -0.2) is 4.98 Å². The Bertz CT molecular complexity index is 1430. The molecule has 2 aliphatic heterocycles. The summed E-state index contributed by atoms with van der Waals surface area (Å²) in [5.41, 5.74) is 5.00. The summed E-state index contributed by atoms with van der Waals surface area (Å²) in [5.74, 6) is 1.02. The molecule has 2 N–H and O–H groups in total. The van der Waals surface area contributed by atoms with Gasteiger partial charge in [-0.2, -0.15) is 5.10 Å². The Hall–Kier alpha value is -3.82. The van der Waals surface area contributed by atoms with Gasteiger partial charge in [0, 0.05) is 49.2 Å². The second-order valence-corrected chi connectivity index (χ2v) is 11.5. The third kappa shape index (κ3) is 7.48. The van der Waals surface area contributed by atoms with Crippen molar-refractivity contribution in [3.05, 3.63) is 65.6 Å². The van der Waals surface area contributed by atoms with Crippen LogP contribution in [0.15, 0.2) is 59.4 Å². The van der Waals surface area contributed by atoms with E-state index in [4.69, 9.17) is 4.74 Å². The first-order valence-electron chi connectivity index (χ1n) is 14.5. The standard InChI is InChI=1S/C32H41N7O2/c1-22-8-15-39(16-9-22)21-24(20-33-3)17-23(2)25-5-6-29-28(18-25)31(37-36-29)32(40)35-26-7-12-34-30(19-26)41-27-10-13-38(4)14-11-27/h5-7,12,17-20,22,27H,3,8-11,13-16,21H2,1-2,4H3,(H,36,37)(H,34,35,40)/b23-17+,24-20+. The van der Waals surface area contributed by atoms with Gasteiger partial charge in [-0.3, -0.25) is 19.8 Å². The highest BCUT2D eigenvalue weighted by atomic mass is 16.5. The molecule has 9 heteroatoms.